The standard InChI is InChI=1S/C21H19N3O3/c25-19-9-5-4-8-18(19)21(27)24-17-11-10-16(22-14-17)12-20(26)23-13-15-6-2-1-3-7-15/h1-11,14,25H,12-13H2,(H,23,26)(H,24,27). The van der Waals surface area contributed by atoms with E-state index in [2.05, 4.69) is 15.6 Å². The average Bonchev–Trinajstić information content (AvgIpc) is 2.69. The SMILES string of the molecule is O=C(Cc1ccc(NC(=O)c2ccccc2O)cn1)NCc1ccccc1. The highest BCUT2D eigenvalue weighted by atomic mass is 16.3. The second-order valence-electron chi connectivity index (χ2n) is 5.95. The van der Waals surface area contributed by atoms with E-state index in [0.29, 0.717) is 17.9 Å². The minimum absolute atomic E-state index is 0.0883. The molecular weight excluding hydrogens is 342 g/mol. The van der Waals surface area contributed by atoms with Crippen molar-refractivity contribution < 1.29 is 14.7 Å². The predicted octanol–water partition coefficient (Wildman–Crippen LogP) is 2.90. The lowest BCUT2D eigenvalue weighted by molar-refractivity contribution is -0.120. The summed E-state index contributed by atoms with van der Waals surface area (Å²) in [5, 5.41) is 15.2. The number of carbonyl (C=O) groups is 2. The van der Waals surface area contributed by atoms with Crippen LogP contribution in [0.25, 0.3) is 0 Å². The number of phenolic OH excluding ortho intramolecular Hbond substituents is 1. The van der Waals surface area contributed by atoms with E-state index < -0.39 is 5.91 Å². The van der Waals surface area contributed by atoms with Crippen molar-refractivity contribution in [2.45, 2.75) is 13.0 Å². The van der Waals surface area contributed by atoms with Crippen molar-refractivity contribution in [3.8, 4) is 5.75 Å². The van der Waals surface area contributed by atoms with Crippen molar-refractivity contribution in [3.05, 3.63) is 89.7 Å². The highest BCUT2D eigenvalue weighted by molar-refractivity contribution is 6.06. The second-order valence-corrected chi connectivity index (χ2v) is 5.95. The zero-order valence-corrected chi connectivity index (χ0v) is 14.6. The van der Waals surface area contributed by atoms with Crippen molar-refractivity contribution >= 4 is 17.5 Å². The molecule has 3 aromatic rings. The highest BCUT2D eigenvalue weighted by Gasteiger charge is 2.11. The van der Waals surface area contributed by atoms with Crippen molar-refractivity contribution in [1.82, 2.24) is 10.3 Å². The molecule has 0 unspecified atom stereocenters. The van der Waals surface area contributed by atoms with Gasteiger partial charge < -0.3 is 15.7 Å². The van der Waals surface area contributed by atoms with E-state index in [1.165, 1.54) is 18.3 Å². The summed E-state index contributed by atoms with van der Waals surface area (Å²) in [5.41, 5.74) is 2.29. The highest BCUT2D eigenvalue weighted by Crippen LogP contribution is 2.17. The molecule has 2 amide bonds. The molecule has 6 heteroatoms. The van der Waals surface area contributed by atoms with Gasteiger partial charge >= 0.3 is 0 Å². The van der Waals surface area contributed by atoms with Gasteiger partial charge in [0.1, 0.15) is 5.75 Å². The van der Waals surface area contributed by atoms with Gasteiger partial charge in [-0.05, 0) is 29.8 Å². The Balaban J connectivity index is 1.53. The molecule has 1 heterocycles. The molecule has 0 atom stereocenters. The molecule has 3 N–H and O–H groups in total. The summed E-state index contributed by atoms with van der Waals surface area (Å²) >= 11 is 0. The van der Waals surface area contributed by atoms with Crippen LogP contribution in [0, 0.1) is 0 Å². The molecule has 0 aliphatic rings. The van der Waals surface area contributed by atoms with Gasteiger partial charge in [0.2, 0.25) is 5.91 Å². The van der Waals surface area contributed by atoms with E-state index in [1.54, 1.807) is 24.3 Å². The van der Waals surface area contributed by atoms with Gasteiger partial charge in [0.15, 0.2) is 0 Å². The molecule has 0 saturated heterocycles. The van der Waals surface area contributed by atoms with Gasteiger partial charge in [0, 0.05) is 12.2 Å². The van der Waals surface area contributed by atoms with Gasteiger partial charge in [0.05, 0.1) is 23.9 Å². The van der Waals surface area contributed by atoms with Crippen molar-refractivity contribution in [1.29, 1.82) is 0 Å². The van der Waals surface area contributed by atoms with Crippen LogP contribution < -0.4 is 10.6 Å². The lowest BCUT2D eigenvalue weighted by Crippen LogP contribution is -2.24. The number of aromatic hydroxyl groups is 1. The maximum atomic E-state index is 12.2. The largest absolute Gasteiger partial charge is 0.507 e. The molecule has 0 spiro atoms. The zero-order valence-electron chi connectivity index (χ0n) is 14.6. The fourth-order valence-corrected chi connectivity index (χ4v) is 2.49. The number of pyridine rings is 1. The van der Waals surface area contributed by atoms with E-state index in [0.717, 1.165) is 5.56 Å². The molecule has 0 saturated carbocycles. The molecule has 0 aliphatic heterocycles. The number of benzene rings is 2. The lowest BCUT2D eigenvalue weighted by Gasteiger charge is -2.08. The average molecular weight is 361 g/mol. The number of para-hydroxylation sites is 1. The van der Waals surface area contributed by atoms with Gasteiger partial charge in [-0.2, -0.15) is 0 Å². The number of amides is 2. The number of nitrogens with one attached hydrogen (secondary N) is 2. The van der Waals surface area contributed by atoms with Crippen LogP contribution in [0.15, 0.2) is 72.9 Å². The van der Waals surface area contributed by atoms with Crippen molar-refractivity contribution in [2.24, 2.45) is 0 Å². The van der Waals surface area contributed by atoms with Crippen LogP contribution in [0.2, 0.25) is 0 Å². The van der Waals surface area contributed by atoms with Crippen LogP contribution in [0.1, 0.15) is 21.6 Å². The fraction of sp³-hybridized carbons (Fsp3) is 0.0952. The van der Waals surface area contributed by atoms with E-state index in [-0.39, 0.29) is 23.6 Å². The maximum Gasteiger partial charge on any atom is 0.259 e. The van der Waals surface area contributed by atoms with Crippen LogP contribution in [0.3, 0.4) is 0 Å². The molecule has 0 bridgehead atoms. The molecule has 0 fully saturated rings. The molecule has 6 nitrogen and oxygen atoms in total. The maximum absolute atomic E-state index is 12.2. The van der Waals surface area contributed by atoms with Gasteiger partial charge in [0.25, 0.3) is 5.91 Å². The summed E-state index contributed by atoms with van der Waals surface area (Å²) in [7, 11) is 0. The monoisotopic (exact) mass is 361 g/mol. The molecule has 1 aromatic heterocycles. The van der Waals surface area contributed by atoms with Crippen molar-refractivity contribution in [2.75, 3.05) is 5.32 Å². The van der Waals surface area contributed by atoms with Gasteiger partial charge in [-0.1, -0.05) is 42.5 Å². The van der Waals surface area contributed by atoms with Gasteiger partial charge in [-0.15, -0.1) is 0 Å². The van der Waals surface area contributed by atoms with Gasteiger partial charge in [-0.25, -0.2) is 0 Å². The van der Waals surface area contributed by atoms with Crippen LogP contribution in [-0.4, -0.2) is 21.9 Å². The van der Waals surface area contributed by atoms with E-state index in [4.69, 9.17) is 0 Å². The van der Waals surface area contributed by atoms with Crippen LogP contribution in [-0.2, 0) is 17.8 Å². The normalized spacial score (nSPS) is 10.2. The van der Waals surface area contributed by atoms with E-state index in [1.807, 2.05) is 30.3 Å². The Hall–Kier alpha value is -3.67. The Morgan fingerprint density at radius 3 is 2.37 bits per heavy atom. The quantitative estimate of drug-likeness (QED) is 0.630. The van der Waals surface area contributed by atoms with Crippen LogP contribution >= 0.6 is 0 Å². The summed E-state index contributed by atoms with van der Waals surface area (Å²) in [4.78, 5) is 28.4. The number of rotatable bonds is 6. The molecule has 0 aliphatic carbocycles. The number of hydrogen-bond acceptors (Lipinski definition) is 4. The fourth-order valence-electron chi connectivity index (χ4n) is 2.49. The number of carbonyl (C=O) groups excluding carboxylic acids is 2. The summed E-state index contributed by atoms with van der Waals surface area (Å²) in [6.45, 7) is 0.467. The Kier molecular flexibility index (Phi) is 5.79. The Labute approximate surface area is 156 Å². The number of phenols is 1. The third-order valence-corrected chi connectivity index (χ3v) is 3.91. The third-order valence-electron chi connectivity index (χ3n) is 3.91. The first-order valence-electron chi connectivity index (χ1n) is 8.47. The van der Waals surface area contributed by atoms with E-state index >= 15 is 0 Å². The predicted molar refractivity (Wildman–Crippen MR) is 102 cm³/mol. The molecule has 2 aromatic carbocycles. The summed E-state index contributed by atoms with van der Waals surface area (Å²) < 4.78 is 0. The summed E-state index contributed by atoms with van der Waals surface area (Å²) in [5.74, 6) is -0.643. The first-order chi connectivity index (χ1) is 13.1. The minimum atomic E-state index is -0.428. The zero-order chi connectivity index (χ0) is 19.1. The number of anilines is 1. The van der Waals surface area contributed by atoms with Crippen molar-refractivity contribution in [3.63, 3.8) is 0 Å². The lowest BCUT2D eigenvalue weighted by atomic mass is 10.2. The Bertz CT molecular complexity index is 925. The molecular formula is C21H19N3O3. The number of aromatic nitrogens is 1. The Morgan fingerprint density at radius 2 is 1.67 bits per heavy atom. The first-order valence-corrected chi connectivity index (χ1v) is 8.47. The van der Waals surface area contributed by atoms with Crippen LogP contribution in [0.4, 0.5) is 5.69 Å². The topological polar surface area (TPSA) is 91.3 Å². The smallest absolute Gasteiger partial charge is 0.259 e. The first kappa shape index (κ1) is 18.1. The number of hydrogen-bond donors (Lipinski definition) is 3. The molecule has 0 radical (unpaired) electrons. The third kappa shape index (κ3) is 5.15. The number of nitrogens with zero attached hydrogens (tertiary/aromatic N) is 1. The molecule has 3 rings (SSSR count). The minimum Gasteiger partial charge on any atom is -0.507 e. The molecule has 136 valence electrons. The van der Waals surface area contributed by atoms with Gasteiger partial charge in [-0.3, -0.25) is 14.6 Å². The summed E-state index contributed by atoms with van der Waals surface area (Å²) in [6.07, 6.45) is 1.64. The summed E-state index contributed by atoms with van der Waals surface area (Å²) in [6, 6.07) is 19.3. The Morgan fingerprint density at radius 1 is 0.926 bits per heavy atom. The van der Waals surface area contributed by atoms with Crippen LogP contribution in [0.5, 0.6) is 5.75 Å². The van der Waals surface area contributed by atoms with E-state index in [9.17, 15) is 14.7 Å². The molecule has 27 heavy (non-hydrogen) atoms. The second kappa shape index (κ2) is 8.62.